The molecule has 3 nitrogen and oxygen atoms in total. The smallest absolute Gasteiger partial charge is 0.119 e. The molecule has 0 unspecified atom stereocenters. The zero-order valence-electron chi connectivity index (χ0n) is 13.2. The summed E-state index contributed by atoms with van der Waals surface area (Å²) in [5, 5.41) is 8.96. The third kappa shape index (κ3) is 9.48. The van der Waals surface area contributed by atoms with Crippen LogP contribution in [-0.4, -0.2) is 18.3 Å². The maximum absolute atomic E-state index is 8.96. The Kier molecular flexibility index (Phi) is 10.8. The Morgan fingerprint density at radius 1 is 0.762 bits per heavy atom. The third-order valence-electron chi connectivity index (χ3n) is 3.72. The van der Waals surface area contributed by atoms with Gasteiger partial charge in [-0.3, -0.25) is 0 Å². The Balaban J connectivity index is 1.88. The Morgan fingerprint density at radius 3 is 1.81 bits per heavy atom. The highest BCUT2D eigenvalue weighted by Gasteiger charge is 1.96. The van der Waals surface area contributed by atoms with Gasteiger partial charge >= 0.3 is 0 Å². The molecule has 0 aliphatic heterocycles. The van der Waals surface area contributed by atoms with Gasteiger partial charge in [-0.15, -0.1) is 0 Å². The van der Waals surface area contributed by atoms with Gasteiger partial charge in [-0.1, -0.05) is 57.1 Å². The van der Waals surface area contributed by atoms with E-state index in [0.29, 0.717) is 0 Å². The first-order valence-corrected chi connectivity index (χ1v) is 8.39. The molecular weight excluding hydrogens is 262 g/mol. The first-order valence-electron chi connectivity index (χ1n) is 8.39. The summed E-state index contributed by atoms with van der Waals surface area (Å²) >= 11 is 0. The summed E-state index contributed by atoms with van der Waals surface area (Å²) in [6.45, 7) is 1.71. The maximum Gasteiger partial charge on any atom is 0.119 e. The van der Waals surface area contributed by atoms with Crippen molar-refractivity contribution < 1.29 is 9.84 Å². The van der Waals surface area contributed by atoms with Crippen LogP contribution in [0.25, 0.3) is 0 Å². The topological polar surface area (TPSA) is 55.5 Å². The van der Waals surface area contributed by atoms with Gasteiger partial charge in [-0.2, -0.15) is 0 Å². The molecule has 0 amide bonds. The summed E-state index contributed by atoms with van der Waals surface area (Å²) in [7, 11) is 0. The van der Waals surface area contributed by atoms with E-state index < -0.39 is 0 Å². The lowest BCUT2D eigenvalue weighted by atomic mass is 10.1. The number of aliphatic hydroxyl groups is 1. The maximum atomic E-state index is 8.96. The summed E-state index contributed by atoms with van der Waals surface area (Å²) in [5.41, 5.74) is 6.40. The molecule has 0 aliphatic rings. The second-order valence-electron chi connectivity index (χ2n) is 5.62. The molecule has 3 N–H and O–H groups in total. The van der Waals surface area contributed by atoms with Crippen molar-refractivity contribution in [2.24, 2.45) is 5.73 Å². The van der Waals surface area contributed by atoms with E-state index in [1.807, 2.05) is 24.3 Å². The average Bonchev–Trinajstić information content (AvgIpc) is 2.53. The number of ether oxygens (including phenoxy) is 1. The minimum Gasteiger partial charge on any atom is -0.494 e. The van der Waals surface area contributed by atoms with Gasteiger partial charge in [0.1, 0.15) is 5.75 Å². The SMILES string of the molecule is NCCCCCCCCCCCOc1ccc(CO)cc1. The van der Waals surface area contributed by atoms with Crippen molar-refractivity contribution in [1.29, 1.82) is 0 Å². The molecule has 0 fully saturated rings. The lowest BCUT2D eigenvalue weighted by Gasteiger charge is -2.06. The number of benzene rings is 1. The quantitative estimate of drug-likeness (QED) is 0.540. The molecule has 0 heterocycles. The predicted octanol–water partition coefficient (Wildman–Crippen LogP) is 4.03. The molecule has 1 aromatic carbocycles. The van der Waals surface area contributed by atoms with Crippen molar-refractivity contribution in [3.63, 3.8) is 0 Å². The second-order valence-corrected chi connectivity index (χ2v) is 5.62. The molecule has 0 aromatic heterocycles. The fourth-order valence-electron chi connectivity index (χ4n) is 2.36. The molecule has 1 aromatic rings. The number of hydrogen-bond acceptors (Lipinski definition) is 3. The van der Waals surface area contributed by atoms with E-state index in [9.17, 15) is 0 Å². The van der Waals surface area contributed by atoms with Gasteiger partial charge in [0.2, 0.25) is 0 Å². The number of hydrogen-bond donors (Lipinski definition) is 2. The summed E-state index contributed by atoms with van der Waals surface area (Å²) in [6.07, 6.45) is 11.5. The summed E-state index contributed by atoms with van der Waals surface area (Å²) < 4.78 is 5.68. The minimum atomic E-state index is 0.0898. The Labute approximate surface area is 129 Å². The average molecular weight is 293 g/mol. The predicted molar refractivity (Wildman–Crippen MR) is 88.5 cm³/mol. The van der Waals surface area contributed by atoms with Gasteiger partial charge in [0.05, 0.1) is 13.2 Å². The van der Waals surface area contributed by atoms with Gasteiger partial charge in [0.25, 0.3) is 0 Å². The number of nitrogens with two attached hydrogens (primary N) is 1. The van der Waals surface area contributed by atoms with Gasteiger partial charge in [-0.25, -0.2) is 0 Å². The van der Waals surface area contributed by atoms with Crippen LogP contribution in [0.1, 0.15) is 63.4 Å². The third-order valence-corrected chi connectivity index (χ3v) is 3.72. The van der Waals surface area contributed by atoms with Gasteiger partial charge in [0.15, 0.2) is 0 Å². The van der Waals surface area contributed by atoms with Crippen LogP contribution in [0.4, 0.5) is 0 Å². The van der Waals surface area contributed by atoms with Gasteiger partial charge in [-0.05, 0) is 37.1 Å². The fourth-order valence-corrected chi connectivity index (χ4v) is 2.36. The number of unbranched alkanes of at least 4 members (excludes halogenated alkanes) is 8. The highest BCUT2D eigenvalue weighted by Crippen LogP contribution is 2.13. The Hall–Kier alpha value is -1.06. The van der Waals surface area contributed by atoms with Gasteiger partial charge < -0.3 is 15.6 Å². The molecule has 0 saturated heterocycles. The van der Waals surface area contributed by atoms with Gasteiger partial charge in [0, 0.05) is 0 Å². The van der Waals surface area contributed by atoms with E-state index in [1.165, 1.54) is 51.4 Å². The molecule has 21 heavy (non-hydrogen) atoms. The highest BCUT2D eigenvalue weighted by molar-refractivity contribution is 5.26. The Bertz CT molecular complexity index is 338. The zero-order valence-corrected chi connectivity index (χ0v) is 13.2. The van der Waals surface area contributed by atoms with Crippen LogP contribution in [0.5, 0.6) is 5.75 Å². The van der Waals surface area contributed by atoms with Crippen LogP contribution in [0.15, 0.2) is 24.3 Å². The standard InChI is InChI=1S/C18H31NO2/c19-14-8-6-4-2-1-3-5-7-9-15-21-18-12-10-17(16-20)11-13-18/h10-13,20H,1-9,14-16,19H2. The fraction of sp³-hybridized carbons (Fsp3) is 0.667. The van der Waals surface area contributed by atoms with Crippen molar-refractivity contribution in [3.8, 4) is 5.75 Å². The molecule has 0 bridgehead atoms. The van der Waals surface area contributed by atoms with E-state index in [4.69, 9.17) is 15.6 Å². The van der Waals surface area contributed by atoms with Crippen LogP contribution in [0, 0.1) is 0 Å². The monoisotopic (exact) mass is 293 g/mol. The van der Waals surface area contributed by atoms with Crippen molar-refractivity contribution in [1.82, 2.24) is 0 Å². The van der Waals surface area contributed by atoms with Crippen LogP contribution < -0.4 is 10.5 Å². The number of rotatable bonds is 13. The molecule has 0 spiro atoms. The lowest BCUT2D eigenvalue weighted by Crippen LogP contribution is -1.98. The molecule has 120 valence electrons. The lowest BCUT2D eigenvalue weighted by molar-refractivity contribution is 0.281. The second kappa shape index (κ2) is 12.7. The van der Waals surface area contributed by atoms with Crippen LogP contribution in [-0.2, 0) is 6.61 Å². The van der Waals surface area contributed by atoms with E-state index in [1.54, 1.807) is 0 Å². The summed E-state index contributed by atoms with van der Waals surface area (Å²) in [4.78, 5) is 0. The molecule has 0 aliphatic carbocycles. The largest absolute Gasteiger partial charge is 0.494 e. The van der Waals surface area contributed by atoms with Crippen molar-refractivity contribution in [2.45, 2.75) is 64.4 Å². The molecule has 0 radical (unpaired) electrons. The van der Waals surface area contributed by atoms with Crippen LogP contribution >= 0.6 is 0 Å². The molecule has 0 atom stereocenters. The van der Waals surface area contributed by atoms with E-state index in [-0.39, 0.29) is 6.61 Å². The summed E-state index contributed by atoms with van der Waals surface area (Å²) in [5.74, 6) is 0.895. The summed E-state index contributed by atoms with van der Waals surface area (Å²) in [6, 6.07) is 7.65. The minimum absolute atomic E-state index is 0.0898. The van der Waals surface area contributed by atoms with Crippen molar-refractivity contribution in [3.05, 3.63) is 29.8 Å². The first-order chi connectivity index (χ1) is 10.4. The molecule has 0 saturated carbocycles. The number of aliphatic hydroxyl groups excluding tert-OH is 1. The normalized spacial score (nSPS) is 10.8. The Morgan fingerprint density at radius 2 is 1.29 bits per heavy atom. The highest BCUT2D eigenvalue weighted by atomic mass is 16.5. The van der Waals surface area contributed by atoms with Crippen LogP contribution in [0.3, 0.4) is 0 Å². The first kappa shape index (κ1) is 18.0. The van der Waals surface area contributed by atoms with Crippen LogP contribution in [0.2, 0.25) is 0 Å². The molecular formula is C18H31NO2. The van der Waals surface area contributed by atoms with Crippen molar-refractivity contribution in [2.75, 3.05) is 13.2 Å². The van der Waals surface area contributed by atoms with E-state index in [0.717, 1.165) is 30.9 Å². The zero-order chi connectivity index (χ0) is 15.2. The van der Waals surface area contributed by atoms with Crippen molar-refractivity contribution >= 4 is 0 Å². The van der Waals surface area contributed by atoms with E-state index in [2.05, 4.69) is 0 Å². The van der Waals surface area contributed by atoms with E-state index >= 15 is 0 Å². The molecule has 1 rings (SSSR count). The molecule has 3 heteroatoms.